The lowest BCUT2D eigenvalue weighted by Gasteiger charge is -2.10. The van der Waals surface area contributed by atoms with E-state index >= 15 is 0 Å². The quantitative estimate of drug-likeness (QED) is 0.246. The molecular weight excluding hydrogens is 500 g/mol. The molecule has 39 heavy (non-hydrogen) atoms. The van der Waals surface area contributed by atoms with Gasteiger partial charge in [0, 0.05) is 52.6 Å². The number of amides is 3. The lowest BCUT2D eigenvalue weighted by atomic mass is 10.1. The number of hydrogen-bond acceptors (Lipinski definition) is 7. The van der Waals surface area contributed by atoms with Gasteiger partial charge in [0.05, 0.1) is 0 Å². The van der Waals surface area contributed by atoms with Crippen LogP contribution in [0.15, 0.2) is 94.1 Å². The fourth-order valence-electron chi connectivity index (χ4n) is 3.62. The molecule has 3 amide bonds. The van der Waals surface area contributed by atoms with Crippen molar-refractivity contribution < 1.29 is 23.6 Å². The molecule has 0 saturated carbocycles. The number of ketones is 1. The smallest absolute Gasteiger partial charge is 0.337 e. The minimum atomic E-state index is -0.823. The summed E-state index contributed by atoms with van der Waals surface area (Å²) in [4.78, 5) is 61.5. The van der Waals surface area contributed by atoms with E-state index in [4.69, 9.17) is 4.42 Å². The third-order valence-electron chi connectivity index (χ3n) is 5.58. The van der Waals surface area contributed by atoms with Gasteiger partial charge in [0.15, 0.2) is 11.5 Å². The second-order valence-corrected chi connectivity index (χ2v) is 8.44. The van der Waals surface area contributed by atoms with Crippen molar-refractivity contribution in [3.63, 3.8) is 0 Å². The number of nitrogens with one attached hydrogen (secondary N) is 4. The minimum absolute atomic E-state index is 0.0554. The highest BCUT2D eigenvalue weighted by Crippen LogP contribution is 2.19. The van der Waals surface area contributed by atoms with Crippen LogP contribution >= 0.6 is 0 Å². The zero-order valence-corrected chi connectivity index (χ0v) is 21.0. The molecule has 0 atom stereocenters. The molecule has 196 valence electrons. The van der Waals surface area contributed by atoms with E-state index in [0.29, 0.717) is 22.6 Å². The minimum Gasteiger partial charge on any atom is -0.417 e. The van der Waals surface area contributed by atoms with Crippen LogP contribution in [-0.4, -0.2) is 30.6 Å². The maximum absolute atomic E-state index is 12.9. The SMILES string of the molecule is CNc1cccc(NC(=O)c2cccc(C(=O)Nc3cccc(NC(=O)c4cc(C(C)=O)cc(=O)o4)c3)c2)c1. The van der Waals surface area contributed by atoms with E-state index in [2.05, 4.69) is 21.3 Å². The Bertz CT molecular complexity index is 1640. The van der Waals surface area contributed by atoms with E-state index < -0.39 is 17.4 Å². The molecule has 0 radical (unpaired) electrons. The molecule has 10 nitrogen and oxygen atoms in total. The van der Waals surface area contributed by atoms with Crippen molar-refractivity contribution in [2.45, 2.75) is 6.92 Å². The summed E-state index contributed by atoms with van der Waals surface area (Å²) >= 11 is 0. The van der Waals surface area contributed by atoms with Gasteiger partial charge in [0.25, 0.3) is 17.7 Å². The monoisotopic (exact) mass is 524 g/mol. The van der Waals surface area contributed by atoms with E-state index in [1.165, 1.54) is 25.1 Å². The number of benzene rings is 3. The molecule has 1 aromatic heterocycles. The first-order chi connectivity index (χ1) is 18.7. The Hall–Kier alpha value is -5.51. The fourth-order valence-corrected chi connectivity index (χ4v) is 3.62. The van der Waals surface area contributed by atoms with Crippen LogP contribution < -0.4 is 26.9 Å². The van der Waals surface area contributed by atoms with Crippen molar-refractivity contribution >= 4 is 46.3 Å². The molecule has 1 heterocycles. The van der Waals surface area contributed by atoms with Crippen molar-refractivity contribution in [2.24, 2.45) is 0 Å². The summed E-state index contributed by atoms with van der Waals surface area (Å²) in [6.45, 7) is 1.27. The zero-order valence-electron chi connectivity index (χ0n) is 21.0. The predicted molar refractivity (Wildman–Crippen MR) is 148 cm³/mol. The van der Waals surface area contributed by atoms with E-state index in [9.17, 15) is 24.0 Å². The van der Waals surface area contributed by atoms with Gasteiger partial charge < -0.3 is 25.7 Å². The second kappa shape index (κ2) is 11.7. The van der Waals surface area contributed by atoms with E-state index in [0.717, 1.165) is 11.8 Å². The average molecular weight is 525 g/mol. The lowest BCUT2D eigenvalue weighted by molar-refractivity contribution is 0.0987. The predicted octanol–water partition coefficient (Wildman–Crippen LogP) is 4.64. The fraction of sp³-hybridized carbons (Fsp3) is 0.0690. The first-order valence-corrected chi connectivity index (χ1v) is 11.8. The van der Waals surface area contributed by atoms with Crippen LogP contribution in [0.1, 0.15) is 48.6 Å². The lowest BCUT2D eigenvalue weighted by Crippen LogP contribution is -2.17. The highest BCUT2D eigenvalue weighted by atomic mass is 16.4. The molecule has 0 bridgehead atoms. The van der Waals surface area contributed by atoms with Gasteiger partial charge in [-0.05, 0) is 67.6 Å². The van der Waals surface area contributed by atoms with E-state index in [-0.39, 0.29) is 28.6 Å². The Balaban J connectivity index is 1.44. The first-order valence-electron chi connectivity index (χ1n) is 11.8. The van der Waals surface area contributed by atoms with Gasteiger partial charge in [-0.25, -0.2) is 4.79 Å². The molecule has 0 aliphatic rings. The van der Waals surface area contributed by atoms with Gasteiger partial charge in [-0.15, -0.1) is 0 Å². The van der Waals surface area contributed by atoms with Crippen molar-refractivity contribution in [1.29, 1.82) is 0 Å². The van der Waals surface area contributed by atoms with E-state index in [1.54, 1.807) is 61.6 Å². The van der Waals surface area contributed by atoms with Gasteiger partial charge in [-0.1, -0.05) is 18.2 Å². The normalized spacial score (nSPS) is 10.3. The third kappa shape index (κ3) is 6.83. The summed E-state index contributed by atoms with van der Waals surface area (Å²) in [5, 5.41) is 11.1. The molecule has 0 unspecified atom stereocenters. The van der Waals surface area contributed by atoms with Crippen LogP contribution in [-0.2, 0) is 0 Å². The standard InChI is InChI=1S/C29H24N4O6/c1-17(34)20-13-25(39-26(35)14-20)29(38)33-24-11-5-10-23(16-24)32-28(37)19-7-3-6-18(12-19)27(36)31-22-9-4-8-21(15-22)30-2/h3-16,30H,1-2H3,(H,31,36)(H,32,37)(H,33,38). The van der Waals surface area contributed by atoms with Gasteiger partial charge in [0.1, 0.15) is 0 Å². The van der Waals surface area contributed by atoms with Crippen LogP contribution in [0.4, 0.5) is 22.7 Å². The first kappa shape index (κ1) is 26.6. The Labute approximate surface area is 223 Å². The number of carbonyl (C=O) groups excluding carboxylic acids is 4. The summed E-state index contributed by atoms with van der Waals surface area (Å²) in [6.07, 6.45) is 0. The van der Waals surface area contributed by atoms with Crippen molar-refractivity contribution in [1.82, 2.24) is 0 Å². The molecule has 3 aromatic carbocycles. The molecule has 0 spiro atoms. The molecule has 4 aromatic rings. The van der Waals surface area contributed by atoms with Crippen LogP contribution in [0.5, 0.6) is 0 Å². The van der Waals surface area contributed by atoms with Crippen LogP contribution in [0.3, 0.4) is 0 Å². The Morgan fingerprint density at radius 1 is 0.590 bits per heavy atom. The van der Waals surface area contributed by atoms with E-state index in [1.807, 2.05) is 6.07 Å². The maximum atomic E-state index is 12.9. The average Bonchev–Trinajstić information content (AvgIpc) is 2.93. The molecule has 0 aliphatic carbocycles. The van der Waals surface area contributed by atoms with Crippen LogP contribution in [0.25, 0.3) is 0 Å². The van der Waals surface area contributed by atoms with Gasteiger partial charge in [-0.3, -0.25) is 19.2 Å². The van der Waals surface area contributed by atoms with Crippen LogP contribution in [0.2, 0.25) is 0 Å². The molecule has 0 fully saturated rings. The Morgan fingerprint density at radius 2 is 1.08 bits per heavy atom. The van der Waals surface area contributed by atoms with Gasteiger partial charge in [0.2, 0.25) is 0 Å². The number of hydrogen-bond donors (Lipinski definition) is 4. The number of rotatable bonds is 8. The number of Topliss-reactive ketones (excluding diaryl/α,β-unsaturated/α-hetero) is 1. The topological polar surface area (TPSA) is 147 Å². The molecule has 0 aliphatic heterocycles. The highest BCUT2D eigenvalue weighted by Gasteiger charge is 2.15. The van der Waals surface area contributed by atoms with Gasteiger partial charge >= 0.3 is 5.63 Å². The van der Waals surface area contributed by atoms with Crippen LogP contribution in [0, 0.1) is 0 Å². The summed E-state index contributed by atoms with van der Waals surface area (Å²) in [5.74, 6) is -2.28. The van der Waals surface area contributed by atoms with Crippen molar-refractivity contribution in [3.8, 4) is 0 Å². The molecule has 10 heteroatoms. The van der Waals surface area contributed by atoms with Crippen molar-refractivity contribution in [3.05, 3.63) is 118 Å². The molecule has 4 N–H and O–H groups in total. The number of carbonyl (C=O) groups is 4. The summed E-state index contributed by atoms with van der Waals surface area (Å²) < 4.78 is 4.91. The Kier molecular flexibility index (Phi) is 7.96. The highest BCUT2D eigenvalue weighted by molar-refractivity contribution is 6.09. The summed E-state index contributed by atoms with van der Waals surface area (Å²) in [7, 11) is 1.78. The number of anilines is 4. The molecular formula is C29H24N4O6. The second-order valence-electron chi connectivity index (χ2n) is 8.44. The van der Waals surface area contributed by atoms with Crippen molar-refractivity contribution in [2.75, 3.05) is 28.3 Å². The molecule has 4 rings (SSSR count). The Morgan fingerprint density at radius 3 is 1.62 bits per heavy atom. The third-order valence-corrected chi connectivity index (χ3v) is 5.58. The molecule has 0 saturated heterocycles. The van der Waals surface area contributed by atoms with Gasteiger partial charge in [-0.2, -0.15) is 0 Å². The summed E-state index contributed by atoms with van der Waals surface area (Å²) in [5.41, 5.74) is 1.91. The zero-order chi connectivity index (χ0) is 27.9. The summed E-state index contributed by atoms with van der Waals surface area (Å²) in [6, 6.07) is 22.0. The largest absolute Gasteiger partial charge is 0.417 e. The maximum Gasteiger partial charge on any atom is 0.337 e.